The molecule has 0 amide bonds. The van der Waals surface area contributed by atoms with Crippen molar-refractivity contribution in [2.75, 3.05) is 4.72 Å². The summed E-state index contributed by atoms with van der Waals surface area (Å²) < 4.78 is 53.3. The Bertz CT molecular complexity index is 807. The molecule has 0 bridgehead atoms. The van der Waals surface area contributed by atoms with Gasteiger partial charge in [0.2, 0.25) is 0 Å². The SMILES string of the molecule is N=C(N)c1ccc(NS(=O)(=O)c2ccccc2F)c(F)c1. The minimum Gasteiger partial charge on any atom is -0.384 e. The third kappa shape index (κ3) is 3.16. The maximum absolute atomic E-state index is 13.8. The molecular weight excluding hydrogens is 300 g/mol. The fraction of sp³-hybridized carbons (Fsp3) is 0. The number of nitrogen functional groups attached to an aromatic ring is 1. The molecule has 8 heteroatoms. The van der Waals surface area contributed by atoms with Crippen LogP contribution in [0.4, 0.5) is 14.5 Å². The second-order valence-electron chi connectivity index (χ2n) is 4.14. The van der Waals surface area contributed by atoms with Crippen LogP contribution in [0.25, 0.3) is 0 Å². The van der Waals surface area contributed by atoms with E-state index in [9.17, 15) is 17.2 Å². The van der Waals surface area contributed by atoms with Crippen LogP contribution < -0.4 is 10.5 Å². The predicted octanol–water partition coefficient (Wildman–Crippen LogP) is 2.05. The molecule has 0 heterocycles. The van der Waals surface area contributed by atoms with E-state index in [4.69, 9.17) is 11.1 Å². The maximum atomic E-state index is 13.8. The average molecular weight is 311 g/mol. The van der Waals surface area contributed by atoms with E-state index in [0.717, 1.165) is 24.3 Å². The van der Waals surface area contributed by atoms with Crippen molar-refractivity contribution in [1.82, 2.24) is 0 Å². The zero-order valence-electron chi connectivity index (χ0n) is 10.6. The van der Waals surface area contributed by atoms with Crippen LogP contribution >= 0.6 is 0 Å². The molecule has 110 valence electrons. The lowest BCUT2D eigenvalue weighted by molar-refractivity contribution is 0.569. The van der Waals surface area contributed by atoms with Crippen LogP contribution in [0.3, 0.4) is 0 Å². The Kier molecular flexibility index (Phi) is 3.90. The van der Waals surface area contributed by atoms with Crippen LogP contribution in [0.1, 0.15) is 5.56 Å². The van der Waals surface area contributed by atoms with E-state index in [2.05, 4.69) is 0 Å². The number of anilines is 1. The molecule has 0 atom stereocenters. The molecule has 0 aliphatic heterocycles. The first-order valence-electron chi connectivity index (χ1n) is 5.72. The summed E-state index contributed by atoms with van der Waals surface area (Å²) in [5, 5.41) is 7.17. The molecule has 5 nitrogen and oxygen atoms in total. The van der Waals surface area contributed by atoms with Crippen LogP contribution in [0.2, 0.25) is 0 Å². The minimum absolute atomic E-state index is 0.112. The van der Waals surface area contributed by atoms with Crippen molar-refractivity contribution in [2.45, 2.75) is 4.90 Å². The van der Waals surface area contributed by atoms with Gasteiger partial charge in [-0.1, -0.05) is 12.1 Å². The van der Waals surface area contributed by atoms with E-state index >= 15 is 0 Å². The first kappa shape index (κ1) is 14.9. The fourth-order valence-corrected chi connectivity index (χ4v) is 2.78. The molecule has 0 saturated carbocycles. The summed E-state index contributed by atoms with van der Waals surface area (Å²) in [5.74, 6) is -2.20. The minimum atomic E-state index is -4.25. The highest BCUT2D eigenvalue weighted by atomic mass is 32.2. The topological polar surface area (TPSA) is 96.0 Å². The third-order valence-electron chi connectivity index (χ3n) is 2.65. The number of nitrogens with two attached hydrogens (primary N) is 1. The highest BCUT2D eigenvalue weighted by Crippen LogP contribution is 2.21. The van der Waals surface area contributed by atoms with Gasteiger partial charge in [0.05, 0.1) is 5.69 Å². The van der Waals surface area contributed by atoms with Gasteiger partial charge in [0.15, 0.2) is 0 Å². The summed E-state index contributed by atoms with van der Waals surface area (Å²) in [7, 11) is -4.25. The van der Waals surface area contributed by atoms with Crippen LogP contribution in [-0.4, -0.2) is 14.3 Å². The van der Waals surface area contributed by atoms with Gasteiger partial charge in [0, 0.05) is 5.56 Å². The molecule has 4 N–H and O–H groups in total. The van der Waals surface area contributed by atoms with E-state index in [0.29, 0.717) is 0 Å². The molecule has 2 aromatic carbocycles. The summed E-state index contributed by atoms with van der Waals surface area (Å²) >= 11 is 0. The van der Waals surface area contributed by atoms with Crippen LogP contribution in [-0.2, 0) is 10.0 Å². The maximum Gasteiger partial charge on any atom is 0.264 e. The molecular formula is C13H11F2N3O2S. The second-order valence-corrected chi connectivity index (χ2v) is 5.80. The van der Waals surface area contributed by atoms with Gasteiger partial charge in [0.25, 0.3) is 10.0 Å². The molecule has 2 rings (SSSR count). The molecule has 0 unspecified atom stereocenters. The average Bonchev–Trinajstić information content (AvgIpc) is 2.41. The van der Waals surface area contributed by atoms with Crippen LogP contribution in [0.15, 0.2) is 47.4 Å². The van der Waals surface area contributed by atoms with E-state index in [1.807, 2.05) is 4.72 Å². The Balaban J connectivity index is 2.38. The zero-order chi connectivity index (χ0) is 15.6. The van der Waals surface area contributed by atoms with E-state index < -0.39 is 26.6 Å². The monoisotopic (exact) mass is 311 g/mol. The van der Waals surface area contributed by atoms with Gasteiger partial charge in [-0.25, -0.2) is 17.2 Å². The molecule has 0 fully saturated rings. The van der Waals surface area contributed by atoms with Crippen LogP contribution in [0, 0.1) is 17.0 Å². The number of hydrogen-bond acceptors (Lipinski definition) is 3. The van der Waals surface area contributed by atoms with Gasteiger partial charge in [-0.05, 0) is 30.3 Å². The Labute approximate surface area is 120 Å². The van der Waals surface area contributed by atoms with Gasteiger partial charge >= 0.3 is 0 Å². The van der Waals surface area contributed by atoms with Gasteiger partial charge in [-0.2, -0.15) is 0 Å². The largest absolute Gasteiger partial charge is 0.384 e. The highest BCUT2D eigenvalue weighted by Gasteiger charge is 2.20. The van der Waals surface area contributed by atoms with Gasteiger partial charge in [-0.3, -0.25) is 10.1 Å². The van der Waals surface area contributed by atoms with Gasteiger partial charge in [-0.15, -0.1) is 0 Å². The molecule has 0 saturated heterocycles. The molecule has 0 spiro atoms. The van der Waals surface area contributed by atoms with Crippen molar-refractivity contribution in [1.29, 1.82) is 5.41 Å². The Morgan fingerprint density at radius 2 is 1.76 bits per heavy atom. The number of halogens is 2. The number of benzene rings is 2. The van der Waals surface area contributed by atoms with E-state index in [1.54, 1.807) is 0 Å². The smallest absolute Gasteiger partial charge is 0.264 e. The lowest BCUT2D eigenvalue weighted by Crippen LogP contribution is -2.16. The molecule has 21 heavy (non-hydrogen) atoms. The molecule has 0 radical (unpaired) electrons. The zero-order valence-corrected chi connectivity index (χ0v) is 11.4. The second kappa shape index (κ2) is 5.49. The lowest BCUT2D eigenvalue weighted by atomic mass is 10.2. The van der Waals surface area contributed by atoms with Crippen molar-refractivity contribution < 1.29 is 17.2 Å². The standard InChI is InChI=1S/C13H11F2N3O2S/c14-9-3-1-2-4-12(9)21(19,20)18-11-6-5-8(13(16)17)7-10(11)15/h1-7,18H,(H3,16,17). The van der Waals surface area contributed by atoms with Crippen molar-refractivity contribution in [3.63, 3.8) is 0 Å². The summed E-state index contributed by atoms with van der Waals surface area (Å²) in [5.41, 5.74) is 4.95. The Morgan fingerprint density at radius 3 is 2.33 bits per heavy atom. The summed E-state index contributed by atoms with van der Waals surface area (Å²) in [6.07, 6.45) is 0. The van der Waals surface area contributed by atoms with Crippen LogP contribution in [0.5, 0.6) is 0 Å². The van der Waals surface area contributed by atoms with Crippen molar-refractivity contribution >= 4 is 21.5 Å². The number of amidine groups is 1. The van der Waals surface area contributed by atoms with E-state index in [1.165, 1.54) is 18.2 Å². The molecule has 0 aromatic heterocycles. The normalized spacial score (nSPS) is 11.1. The van der Waals surface area contributed by atoms with Gasteiger partial charge in [0.1, 0.15) is 22.4 Å². The highest BCUT2D eigenvalue weighted by molar-refractivity contribution is 7.92. The van der Waals surface area contributed by atoms with Gasteiger partial charge < -0.3 is 5.73 Å². The van der Waals surface area contributed by atoms with E-state index in [-0.39, 0.29) is 17.1 Å². The quantitative estimate of drug-likeness (QED) is 0.595. The predicted molar refractivity (Wildman–Crippen MR) is 74.6 cm³/mol. The Hall–Kier alpha value is -2.48. The number of nitrogens with one attached hydrogen (secondary N) is 2. The molecule has 2 aromatic rings. The van der Waals surface area contributed by atoms with Crippen molar-refractivity contribution in [3.8, 4) is 0 Å². The fourth-order valence-electron chi connectivity index (χ4n) is 1.63. The van der Waals surface area contributed by atoms with Crippen molar-refractivity contribution in [3.05, 3.63) is 59.7 Å². The molecule has 0 aliphatic carbocycles. The number of hydrogen-bond donors (Lipinski definition) is 3. The number of sulfonamides is 1. The Morgan fingerprint density at radius 1 is 1.10 bits per heavy atom. The molecule has 0 aliphatic rings. The summed E-state index contributed by atoms with van der Waals surface area (Å²) in [6.45, 7) is 0. The lowest BCUT2D eigenvalue weighted by Gasteiger charge is -2.10. The number of rotatable bonds is 4. The first-order chi connectivity index (χ1) is 9.81. The third-order valence-corrected chi connectivity index (χ3v) is 4.05. The summed E-state index contributed by atoms with van der Waals surface area (Å²) in [4.78, 5) is -0.583. The summed E-state index contributed by atoms with van der Waals surface area (Å²) in [6, 6.07) is 8.07. The first-order valence-corrected chi connectivity index (χ1v) is 7.21. The van der Waals surface area contributed by atoms with Crippen molar-refractivity contribution in [2.24, 2.45) is 5.73 Å².